The van der Waals surface area contributed by atoms with Gasteiger partial charge < -0.3 is 5.73 Å². The number of hydrogen-bond acceptors (Lipinski definition) is 1. The Hall–Kier alpha value is -0.620. The molecule has 0 aromatic heterocycles. The number of nitrogens with two attached hydrogens (primary N) is 1. The molecule has 0 aliphatic heterocycles. The first-order valence-electron chi connectivity index (χ1n) is 7.03. The number of rotatable bonds is 3. The maximum atomic E-state index is 13.2. The van der Waals surface area contributed by atoms with Crippen molar-refractivity contribution < 1.29 is 17.6 Å². The highest BCUT2D eigenvalue weighted by atomic mass is 79.9. The number of alkyl halides is 3. The Morgan fingerprint density at radius 3 is 2.67 bits per heavy atom. The quantitative estimate of drug-likeness (QED) is 0.761. The van der Waals surface area contributed by atoms with Crippen LogP contribution in [0.25, 0.3) is 0 Å². The summed E-state index contributed by atoms with van der Waals surface area (Å²) < 4.78 is 52.5. The van der Waals surface area contributed by atoms with Crippen LogP contribution in [-0.2, 0) is 6.42 Å². The third-order valence-corrected chi connectivity index (χ3v) is 5.02. The topological polar surface area (TPSA) is 26.0 Å². The van der Waals surface area contributed by atoms with Crippen LogP contribution in [0.15, 0.2) is 22.7 Å². The molecule has 1 aliphatic rings. The molecular weight excluding hydrogens is 350 g/mol. The molecular formula is C15H18BrF4N. The van der Waals surface area contributed by atoms with Crippen molar-refractivity contribution in [2.45, 2.75) is 44.3 Å². The lowest BCUT2D eigenvalue weighted by atomic mass is 9.76. The molecule has 1 fully saturated rings. The van der Waals surface area contributed by atoms with E-state index in [0.717, 1.165) is 4.47 Å². The van der Waals surface area contributed by atoms with Gasteiger partial charge in [-0.2, -0.15) is 13.2 Å². The molecule has 0 amide bonds. The highest BCUT2D eigenvalue weighted by molar-refractivity contribution is 9.10. The van der Waals surface area contributed by atoms with Crippen LogP contribution in [0, 0.1) is 17.7 Å². The molecule has 0 heterocycles. The number of halogens is 5. The number of hydrogen-bond donors (Lipinski definition) is 1. The second-order valence-electron chi connectivity index (χ2n) is 5.77. The second kappa shape index (κ2) is 6.65. The summed E-state index contributed by atoms with van der Waals surface area (Å²) in [6.07, 6.45) is -2.23. The maximum Gasteiger partial charge on any atom is 0.391 e. The van der Waals surface area contributed by atoms with Gasteiger partial charge >= 0.3 is 6.18 Å². The molecule has 0 saturated heterocycles. The molecule has 1 aromatic carbocycles. The third kappa shape index (κ3) is 4.42. The minimum atomic E-state index is -4.14. The van der Waals surface area contributed by atoms with Crippen LogP contribution in [0.5, 0.6) is 0 Å². The van der Waals surface area contributed by atoms with E-state index in [-0.39, 0.29) is 30.6 Å². The van der Waals surface area contributed by atoms with Crippen LogP contribution >= 0.6 is 15.9 Å². The van der Waals surface area contributed by atoms with Crippen LogP contribution in [0.2, 0.25) is 0 Å². The zero-order valence-electron chi connectivity index (χ0n) is 11.5. The Balaban J connectivity index is 2.02. The Morgan fingerprint density at radius 2 is 2.00 bits per heavy atom. The highest BCUT2D eigenvalue weighted by Crippen LogP contribution is 2.41. The van der Waals surface area contributed by atoms with Crippen molar-refractivity contribution in [1.82, 2.24) is 0 Å². The van der Waals surface area contributed by atoms with Gasteiger partial charge in [0.2, 0.25) is 0 Å². The standard InChI is InChI=1S/C15H18BrF4N/c16-13-5-4-12(17)7-10(13)8-14(21)9-2-1-3-11(6-9)15(18,19)20/h4-5,7,9,11,14H,1-3,6,8,21H2. The summed E-state index contributed by atoms with van der Waals surface area (Å²) >= 11 is 3.32. The fraction of sp³-hybridized carbons (Fsp3) is 0.600. The molecule has 1 aliphatic carbocycles. The molecule has 6 heteroatoms. The molecule has 118 valence electrons. The van der Waals surface area contributed by atoms with Crippen LogP contribution in [0.3, 0.4) is 0 Å². The van der Waals surface area contributed by atoms with Crippen molar-refractivity contribution in [3.8, 4) is 0 Å². The first kappa shape index (κ1) is 16.7. The summed E-state index contributed by atoms with van der Waals surface area (Å²) in [6.45, 7) is 0. The van der Waals surface area contributed by atoms with Crippen molar-refractivity contribution in [2.24, 2.45) is 17.6 Å². The van der Waals surface area contributed by atoms with E-state index in [0.29, 0.717) is 24.8 Å². The Kier molecular flexibility index (Phi) is 5.30. The number of benzene rings is 1. The molecule has 3 unspecified atom stereocenters. The van der Waals surface area contributed by atoms with Gasteiger partial charge in [0.25, 0.3) is 0 Å². The van der Waals surface area contributed by atoms with Gasteiger partial charge in [0.15, 0.2) is 0 Å². The summed E-state index contributed by atoms with van der Waals surface area (Å²) in [5, 5.41) is 0. The van der Waals surface area contributed by atoms with E-state index in [2.05, 4.69) is 15.9 Å². The van der Waals surface area contributed by atoms with Gasteiger partial charge in [-0.05, 0) is 55.4 Å². The fourth-order valence-corrected chi connectivity index (χ4v) is 3.44. The largest absolute Gasteiger partial charge is 0.391 e. The lowest BCUT2D eigenvalue weighted by Gasteiger charge is -2.34. The molecule has 0 spiro atoms. The van der Waals surface area contributed by atoms with Crippen molar-refractivity contribution in [3.63, 3.8) is 0 Å². The Morgan fingerprint density at radius 1 is 1.29 bits per heavy atom. The average molecular weight is 368 g/mol. The molecule has 1 nitrogen and oxygen atoms in total. The normalized spacial score (nSPS) is 24.9. The van der Waals surface area contributed by atoms with E-state index < -0.39 is 12.1 Å². The van der Waals surface area contributed by atoms with Gasteiger partial charge in [0, 0.05) is 10.5 Å². The molecule has 21 heavy (non-hydrogen) atoms. The van der Waals surface area contributed by atoms with Gasteiger partial charge in [-0.3, -0.25) is 0 Å². The second-order valence-corrected chi connectivity index (χ2v) is 6.62. The fourth-order valence-electron chi connectivity index (χ4n) is 3.03. The van der Waals surface area contributed by atoms with Gasteiger partial charge in [0.05, 0.1) is 5.92 Å². The summed E-state index contributed by atoms with van der Waals surface area (Å²) in [7, 11) is 0. The van der Waals surface area contributed by atoms with Gasteiger partial charge in [-0.25, -0.2) is 4.39 Å². The SMILES string of the molecule is NC(Cc1cc(F)ccc1Br)C1CCCC(C(F)(F)F)C1. The van der Waals surface area contributed by atoms with Gasteiger partial charge in [0.1, 0.15) is 5.82 Å². The molecule has 1 aromatic rings. The predicted molar refractivity (Wildman–Crippen MR) is 77.3 cm³/mol. The molecule has 2 N–H and O–H groups in total. The predicted octanol–water partition coefficient (Wildman–Crippen LogP) is 4.83. The average Bonchev–Trinajstić information content (AvgIpc) is 2.42. The highest BCUT2D eigenvalue weighted by Gasteiger charge is 2.43. The molecule has 2 rings (SSSR count). The lowest BCUT2D eigenvalue weighted by molar-refractivity contribution is -0.186. The van der Waals surface area contributed by atoms with Gasteiger partial charge in [-0.1, -0.05) is 22.4 Å². The Bertz CT molecular complexity index is 489. The van der Waals surface area contributed by atoms with E-state index in [9.17, 15) is 17.6 Å². The first-order chi connectivity index (χ1) is 9.77. The summed E-state index contributed by atoms with van der Waals surface area (Å²) in [5.41, 5.74) is 6.80. The smallest absolute Gasteiger partial charge is 0.327 e. The van der Waals surface area contributed by atoms with E-state index in [1.807, 2.05) is 0 Å². The van der Waals surface area contributed by atoms with Crippen LogP contribution in [0.1, 0.15) is 31.2 Å². The van der Waals surface area contributed by atoms with Crippen molar-refractivity contribution in [2.75, 3.05) is 0 Å². The lowest BCUT2D eigenvalue weighted by Crippen LogP contribution is -2.39. The van der Waals surface area contributed by atoms with Crippen LogP contribution in [-0.4, -0.2) is 12.2 Å². The monoisotopic (exact) mass is 367 g/mol. The summed E-state index contributed by atoms with van der Waals surface area (Å²) in [4.78, 5) is 0. The molecule has 1 saturated carbocycles. The van der Waals surface area contributed by atoms with E-state index >= 15 is 0 Å². The van der Waals surface area contributed by atoms with Crippen LogP contribution in [0.4, 0.5) is 17.6 Å². The molecule has 0 bridgehead atoms. The van der Waals surface area contributed by atoms with E-state index in [1.165, 1.54) is 12.1 Å². The summed E-state index contributed by atoms with van der Waals surface area (Å²) in [5.74, 6) is -1.78. The zero-order chi connectivity index (χ0) is 15.6. The first-order valence-corrected chi connectivity index (χ1v) is 7.83. The van der Waals surface area contributed by atoms with Crippen LogP contribution < -0.4 is 5.73 Å². The van der Waals surface area contributed by atoms with Gasteiger partial charge in [-0.15, -0.1) is 0 Å². The van der Waals surface area contributed by atoms with E-state index in [1.54, 1.807) is 6.07 Å². The molecule has 0 radical (unpaired) electrons. The zero-order valence-corrected chi connectivity index (χ0v) is 13.1. The van der Waals surface area contributed by atoms with Crippen molar-refractivity contribution >= 4 is 15.9 Å². The molecule has 3 atom stereocenters. The maximum absolute atomic E-state index is 13.2. The van der Waals surface area contributed by atoms with Crippen molar-refractivity contribution in [3.05, 3.63) is 34.1 Å². The van der Waals surface area contributed by atoms with Crippen molar-refractivity contribution in [1.29, 1.82) is 0 Å². The minimum Gasteiger partial charge on any atom is -0.327 e. The minimum absolute atomic E-state index is 0.0810. The Labute approximate surface area is 130 Å². The van der Waals surface area contributed by atoms with E-state index in [4.69, 9.17) is 5.73 Å². The summed E-state index contributed by atoms with van der Waals surface area (Å²) in [6, 6.07) is 3.93. The third-order valence-electron chi connectivity index (χ3n) is 4.25.